The average molecular weight is 275 g/mol. The molecule has 2 fully saturated rings. The van der Waals surface area contributed by atoms with Crippen LogP contribution in [0.25, 0.3) is 0 Å². The fourth-order valence-corrected chi connectivity index (χ4v) is 2.95. The summed E-state index contributed by atoms with van der Waals surface area (Å²) in [5.41, 5.74) is 7.13. The van der Waals surface area contributed by atoms with E-state index in [1.807, 2.05) is 6.92 Å². The van der Waals surface area contributed by atoms with Gasteiger partial charge in [-0.05, 0) is 40.7 Å². The van der Waals surface area contributed by atoms with Crippen molar-refractivity contribution in [3.05, 3.63) is 11.4 Å². The number of aromatic nitrogens is 2. The Morgan fingerprint density at radius 3 is 2.25 bits per heavy atom. The minimum absolute atomic E-state index is 0.527. The van der Waals surface area contributed by atoms with Gasteiger partial charge in [0.1, 0.15) is 17.5 Å². The number of nitrogens with zero attached hydrogens (tertiary/aromatic N) is 4. The first-order chi connectivity index (χ1) is 9.47. The molecule has 20 heavy (non-hydrogen) atoms. The molecule has 2 heterocycles. The van der Waals surface area contributed by atoms with Gasteiger partial charge in [0.2, 0.25) is 0 Å². The first-order valence-corrected chi connectivity index (χ1v) is 7.58. The summed E-state index contributed by atoms with van der Waals surface area (Å²) in [6.07, 6.45) is 2.41. The van der Waals surface area contributed by atoms with Crippen molar-refractivity contribution in [2.45, 2.75) is 51.6 Å². The van der Waals surface area contributed by atoms with Crippen molar-refractivity contribution in [1.82, 2.24) is 14.9 Å². The SMILES string of the molecule is Cc1c(N)nc(C2CC2)nc1N1CC(C)N(C)C(C)C1. The van der Waals surface area contributed by atoms with Crippen LogP contribution in [-0.2, 0) is 0 Å². The molecule has 1 saturated heterocycles. The summed E-state index contributed by atoms with van der Waals surface area (Å²) < 4.78 is 0. The van der Waals surface area contributed by atoms with E-state index in [1.54, 1.807) is 0 Å². The number of piperazine rings is 1. The number of likely N-dealkylation sites (N-methyl/N-ethyl adjacent to an activating group) is 1. The molecule has 0 aromatic carbocycles. The molecule has 1 saturated carbocycles. The van der Waals surface area contributed by atoms with E-state index in [4.69, 9.17) is 10.7 Å². The third-order valence-corrected chi connectivity index (χ3v) is 4.78. The maximum Gasteiger partial charge on any atom is 0.137 e. The van der Waals surface area contributed by atoms with Crippen molar-refractivity contribution >= 4 is 11.6 Å². The van der Waals surface area contributed by atoms with Gasteiger partial charge in [-0.1, -0.05) is 0 Å². The maximum atomic E-state index is 6.10. The van der Waals surface area contributed by atoms with Crippen LogP contribution in [0.15, 0.2) is 0 Å². The van der Waals surface area contributed by atoms with Crippen molar-refractivity contribution in [1.29, 1.82) is 0 Å². The Morgan fingerprint density at radius 2 is 1.70 bits per heavy atom. The zero-order valence-corrected chi connectivity index (χ0v) is 12.9. The normalized spacial score (nSPS) is 27.9. The topological polar surface area (TPSA) is 58.3 Å². The fourth-order valence-electron chi connectivity index (χ4n) is 2.95. The molecule has 1 aliphatic heterocycles. The maximum absolute atomic E-state index is 6.10. The van der Waals surface area contributed by atoms with Gasteiger partial charge in [0.05, 0.1) is 0 Å². The molecule has 0 spiro atoms. The zero-order valence-electron chi connectivity index (χ0n) is 12.9. The minimum atomic E-state index is 0.527. The lowest BCUT2D eigenvalue weighted by Gasteiger charge is -2.43. The van der Waals surface area contributed by atoms with Gasteiger partial charge >= 0.3 is 0 Å². The van der Waals surface area contributed by atoms with Crippen LogP contribution in [0, 0.1) is 6.92 Å². The summed E-state index contributed by atoms with van der Waals surface area (Å²) >= 11 is 0. The highest BCUT2D eigenvalue weighted by molar-refractivity contribution is 5.57. The molecule has 1 aromatic rings. The van der Waals surface area contributed by atoms with Gasteiger partial charge < -0.3 is 10.6 Å². The Kier molecular flexibility index (Phi) is 3.32. The van der Waals surface area contributed by atoms with E-state index >= 15 is 0 Å². The summed E-state index contributed by atoms with van der Waals surface area (Å²) in [6.45, 7) is 8.58. The van der Waals surface area contributed by atoms with E-state index in [-0.39, 0.29) is 0 Å². The highest BCUT2D eigenvalue weighted by Gasteiger charge is 2.31. The molecule has 1 aliphatic carbocycles. The minimum Gasteiger partial charge on any atom is -0.383 e. The third kappa shape index (κ3) is 2.35. The van der Waals surface area contributed by atoms with Crippen LogP contribution in [0.1, 0.15) is 44.0 Å². The number of nitrogens with two attached hydrogens (primary N) is 1. The Labute approximate surface area is 121 Å². The molecule has 5 nitrogen and oxygen atoms in total. The lowest BCUT2D eigenvalue weighted by atomic mass is 10.1. The average Bonchev–Trinajstić information content (AvgIpc) is 3.22. The fraction of sp³-hybridized carbons (Fsp3) is 0.733. The number of anilines is 2. The van der Waals surface area contributed by atoms with Gasteiger partial charge in [0, 0.05) is 36.7 Å². The molecule has 110 valence electrons. The van der Waals surface area contributed by atoms with Crippen molar-refractivity contribution in [3.63, 3.8) is 0 Å². The van der Waals surface area contributed by atoms with Crippen molar-refractivity contribution in [2.75, 3.05) is 30.8 Å². The largest absolute Gasteiger partial charge is 0.383 e. The standard InChI is InChI=1S/C15H25N5/c1-9-7-20(8-10(2)19(9)4)15-11(3)13(16)17-14(18-15)12-5-6-12/h9-10,12H,5-8H2,1-4H3,(H2,16,17,18). The Hall–Kier alpha value is -1.36. The predicted molar refractivity (Wildman–Crippen MR) is 82.1 cm³/mol. The van der Waals surface area contributed by atoms with Gasteiger partial charge in [0.25, 0.3) is 0 Å². The summed E-state index contributed by atoms with van der Waals surface area (Å²) in [5.74, 6) is 3.18. The Morgan fingerprint density at radius 1 is 1.10 bits per heavy atom. The van der Waals surface area contributed by atoms with E-state index in [1.165, 1.54) is 12.8 Å². The summed E-state index contributed by atoms with van der Waals surface area (Å²) in [5, 5.41) is 0. The molecule has 2 N–H and O–H groups in total. The van der Waals surface area contributed by atoms with Gasteiger partial charge in [0.15, 0.2) is 0 Å². The van der Waals surface area contributed by atoms with Gasteiger partial charge in [-0.25, -0.2) is 9.97 Å². The molecule has 0 amide bonds. The summed E-state index contributed by atoms with van der Waals surface area (Å²) in [6, 6.07) is 1.05. The van der Waals surface area contributed by atoms with Crippen LogP contribution >= 0.6 is 0 Å². The van der Waals surface area contributed by atoms with E-state index in [2.05, 4.69) is 35.7 Å². The van der Waals surface area contributed by atoms with Crippen LogP contribution in [0.2, 0.25) is 0 Å². The summed E-state index contributed by atoms with van der Waals surface area (Å²) in [7, 11) is 2.20. The second-order valence-electron chi connectivity index (χ2n) is 6.46. The molecule has 5 heteroatoms. The van der Waals surface area contributed by atoms with Crippen LogP contribution in [0.3, 0.4) is 0 Å². The molecule has 2 aliphatic rings. The smallest absolute Gasteiger partial charge is 0.137 e. The second-order valence-corrected chi connectivity index (χ2v) is 6.46. The quantitative estimate of drug-likeness (QED) is 0.891. The van der Waals surface area contributed by atoms with Crippen LogP contribution in [-0.4, -0.2) is 47.1 Å². The van der Waals surface area contributed by atoms with E-state index in [0.29, 0.717) is 23.8 Å². The van der Waals surface area contributed by atoms with Crippen molar-refractivity contribution in [2.24, 2.45) is 0 Å². The van der Waals surface area contributed by atoms with E-state index in [9.17, 15) is 0 Å². The van der Waals surface area contributed by atoms with Gasteiger partial charge in [-0.15, -0.1) is 0 Å². The molecular weight excluding hydrogens is 250 g/mol. The zero-order chi connectivity index (χ0) is 14.4. The molecule has 2 unspecified atom stereocenters. The number of rotatable bonds is 2. The van der Waals surface area contributed by atoms with Gasteiger partial charge in [-0.3, -0.25) is 4.90 Å². The first kappa shape index (κ1) is 13.6. The van der Waals surface area contributed by atoms with E-state index in [0.717, 1.165) is 30.3 Å². The Bertz CT molecular complexity index is 499. The molecule has 0 bridgehead atoms. The highest BCUT2D eigenvalue weighted by Crippen LogP contribution is 2.39. The monoisotopic (exact) mass is 275 g/mol. The Balaban J connectivity index is 1.92. The van der Waals surface area contributed by atoms with Gasteiger partial charge in [-0.2, -0.15) is 0 Å². The lowest BCUT2D eigenvalue weighted by Crippen LogP contribution is -2.55. The number of hydrogen-bond donors (Lipinski definition) is 1. The van der Waals surface area contributed by atoms with Crippen LogP contribution in [0.5, 0.6) is 0 Å². The second kappa shape index (κ2) is 4.88. The molecule has 1 aromatic heterocycles. The molecule has 3 rings (SSSR count). The third-order valence-electron chi connectivity index (χ3n) is 4.78. The van der Waals surface area contributed by atoms with Crippen molar-refractivity contribution < 1.29 is 0 Å². The molecule has 2 atom stereocenters. The van der Waals surface area contributed by atoms with Crippen LogP contribution in [0.4, 0.5) is 11.6 Å². The van der Waals surface area contributed by atoms with E-state index < -0.39 is 0 Å². The molecule has 0 radical (unpaired) electrons. The van der Waals surface area contributed by atoms with Crippen LogP contribution < -0.4 is 10.6 Å². The first-order valence-electron chi connectivity index (χ1n) is 7.58. The molecular formula is C15H25N5. The highest BCUT2D eigenvalue weighted by atomic mass is 15.3. The summed E-state index contributed by atoms with van der Waals surface area (Å²) in [4.78, 5) is 14.1. The predicted octanol–water partition coefficient (Wildman–Crippen LogP) is 1.77. The number of nitrogen functional groups attached to an aromatic ring is 1. The van der Waals surface area contributed by atoms with Crippen molar-refractivity contribution in [3.8, 4) is 0 Å². The lowest BCUT2D eigenvalue weighted by molar-refractivity contribution is 0.169. The number of hydrogen-bond acceptors (Lipinski definition) is 5.